The standard InChI is InChI=1S/C24H22N4O3S/c1-15-10-16(2)12-17(11-15)26-21(29)14-32-24-27-22-20(8-5-9-25-22)23(30)28(24)18-6-4-7-19(13-18)31-3/h4-13H,14H2,1-3H3,(H,26,29). The quantitative estimate of drug-likeness (QED) is 0.354. The Kier molecular flexibility index (Phi) is 6.23. The molecule has 0 aliphatic carbocycles. The summed E-state index contributed by atoms with van der Waals surface area (Å²) in [5.41, 5.74) is 3.57. The third-order valence-electron chi connectivity index (χ3n) is 4.76. The minimum Gasteiger partial charge on any atom is -0.497 e. The Bertz CT molecular complexity index is 1350. The number of aryl methyl sites for hydroxylation is 2. The van der Waals surface area contributed by atoms with Gasteiger partial charge in [-0.2, -0.15) is 0 Å². The Balaban J connectivity index is 1.68. The van der Waals surface area contributed by atoms with Crippen LogP contribution in [-0.2, 0) is 4.79 Å². The van der Waals surface area contributed by atoms with E-state index in [1.54, 1.807) is 49.7 Å². The number of rotatable bonds is 6. The molecule has 4 rings (SSSR count). The van der Waals surface area contributed by atoms with Gasteiger partial charge in [-0.25, -0.2) is 9.97 Å². The summed E-state index contributed by atoms with van der Waals surface area (Å²) in [4.78, 5) is 34.7. The predicted molar refractivity (Wildman–Crippen MR) is 127 cm³/mol. The van der Waals surface area contributed by atoms with Crippen LogP contribution in [0.5, 0.6) is 5.75 Å². The lowest BCUT2D eigenvalue weighted by atomic mass is 10.1. The number of nitrogens with one attached hydrogen (secondary N) is 1. The molecular weight excluding hydrogens is 424 g/mol. The van der Waals surface area contributed by atoms with Gasteiger partial charge < -0.3 is 10.1 Å². The number of ether oxygens (including phenoxy) is 1. The number of hydrogen-bond donors (Lipinski definition) is 1. The fraction of sp³-hybridized carbons (Fsp3) is 0.167. The highest BCUT2D eigenvalue weighted by Crippen LogP contribution is 2.23. The van der Waals surface area contributed by atoms with Crippen molar-refractivity contribution in [2.24, 2.45) is 0 Å². The van der Waals surface area contributed by atoms with Gasteiger partial charge in [0.25, 0.3) is 5.56 Å². The number of anilines is 1. The van der Waals surface area contributed by atoms with E-state index < -0.39 is 0 Å². The van der Waals surface area contributed by atoms with E-state index in [2.05, 4.69) is 15.3 Å². The van der Waals surface area contributed by atoms with Gasteiger partial charge in [-0.3, -0.25) is 14.2 Å². The van der Waals surface area contributed by atoms with Crippen LogP contribution in [0.3, 0.4) is 0 Å². The highest BCUT2D eigenvalue weighted by Gasteiger charge is 2.16. The molecule has 0 bridgehead atoms. The van der Waals surface area contributed by atoms with Crippen molar-refractivity contribution in [2.45, 2.75) is 19.0 Å². The third-order valence-corrected chi connectivity index (χ3v) is 5.70. The lowest BCUT2D eigenvalue weighted by Gasteiger charge is -2.14. The zero-order valence-corrected chi connectivity index (χ0v) is 18.8. The average molecular weight is 447 g/mol. The summed E-state index contributed by atoms with van der Waals surface area (Å²) in [6.45, 7) is 3.96. The topological polar surface area (TPSA) is 86.1 Å². The number of carbonyl (C=O) groups is 1. The van der Waals surface area contributed by atoms with Crippen LogP contribution in [0, 0.1) is 13.8 Å². The summed E-state index contributed by atoms with van der Waals surface area (Å²) in [5.74, 6) is 0.513. The minimum absolute atomic E-state index is 0.0851. The van der Waals surface area contributed by atoms with Crippen molar-refractivity contribution in [3.8, 4) is 11.4 Å². The smallest absolute Gasteiger partial charge is 0.268 e. The van der Waals surface area contributed by atoms with Crippen molar-refractivity contribution in [1.29, 1.82) is 0 Å². The molecule has 2 aromatic carbocycles. The molecule has 1 N–H and O–H groups in total. The number of amides is 1. The highest BCUT2D eigenvalue weighted by atomic mass is 32.2. The number of carbonyl (C=O) groups excluding carboxylic acids is 1. The molecule has 0 fully saturated rings. The first-order valence-corrected chi connectivity index (χ1v) is 11.0. The molecule has 32 heavy (non-hydrogen) atoms. The van der Waals surface area contributed by atoms with E-state index in [0.717, 1.165) is 16.8 Å². The molecule has 0 aliphatic heterocycles. The summed E-state index contributed by atoms with van der Waals surface area (Å²) in [7, 11) is 1.57. The van der Waals surface area contributed by atoms with Crippen LogP contribution in [0.15, 0.2) is 70.7 Å². The Morgan fingerprint density at radius 1 is 1.09 bits per heavy atom. The van der Waals surface area contributed by atoms with Crippen LogP contribution < -0.4 is 15.6 Å². The molecule has 2 heterocycles. The number of aromatic nitrogens is 3. The Hall–Kier alpha value is -3.65. The van der Waals surface area contributed by atoms with Crippen molar-refractivity contribution < 1.29 is 9.53 Å². The first-order valence-electron chi connectivity index (χ1n) is 9.98. The maximum atomic E-state index is 13.3. The fourth-order valence-corrected chi connectivity index (χ4v) is 4.25. The molecule has 0 saturated heterocycles. The van der Waals surface area contributed by atoms with Gasteiger partial charge in [0.2, 0.25) is 5.91 Å². The van der Waals surface area contributed by atoms with Gasteiger partial charge in [0, 0.05) is 18.0 Å². The second kappa shape index (κ2) is 9.23. The van der Waals surface area contributed by atoms with E-state index >= 15 is 0 Å². The van der Waals surface area contributed by atoms with Crippen molar-refractivity contribution >= 4 is 34.4 Å². The van der Waals surface area contributed by atoms with E-state index in [-0.39, 0.29) is 17.2 Å². The molecule has 4 aromatic rings. The SMILES string of the molecule is COc1cccc(-n2c(SCC(=O)Nc3cc(C)cc(C)c3)nc3ncccc3c2=O)c1. The zero-order valence-electron chi connectivity index (χ0n) is 18.0. The van der Waals surface area contributed by atoms with Gasteiger partial charge in [-0.1, -0.05) is 23.9 Å². The zero-order chi connectivity index (χ0) is 22.7. The minimum atomic E-state index is -0.256. The van der Waals surface area contributed by atoms with Crippen LogP contribution in [0.2, 0.25) is 0 Å². The number of fused-ring (bicyclic) bond motifs is 1. The molecule has 1 amide bonds. The number of thioether (sulfide) groups is 1. The van der Waals surface area contributed by atoms with Gasteiger partial charge in [0.15, 0.2) is 10.8 Å². The largest absolute Gasteiger partial charge is 0.497 e. The molecule has 162 valence electrons. The summed E-state index contributed by atoms with van der Waals surface area (Å²) in [6.07, 6.45) is 1.59. The number of methoxy groups -OCH3 is 1. The molecule has 0 spiro atoms. The summed E-state index contributed by atoms with van der Waals surface area (Å²) in [6, 6.07) is 16.4. The van der Waals surface area contributed by atoms with Crippen LogP contribution in [-0.4, -0.2) is 33.3 Å². The Morgan fingerprint density at radius 2 is 1.88 bits per heavy atom. The van der Waals surface area contributed by atoms with Gasteiger partial charge in [0.05, 0.1) is 23.9 Å². The number of nitrogens with zero attached hydrogens (tertiary/aromatic N) is 3. The van der Waals surface area contributed by atoms with Gasteiger partial charge in [0.1, 0.15) is 5.75 Å². The summed E-state index contributed by atoms with van der Waals surface area (Å²) in [5, 5.41) is 3.69. The Morgan fingerprint density at radius 3 is 2.62 bits per heavy atom. The van der Waals surface area contributed by atoms with E-state index in [9.17, 15) is 9.59 Å². The van der Waals surface area contributed by atoms with Crippen LogP contribution >= 0.6 is 11.8 Å². The second-order valence-electron chi connectivity index (χ2n) is 7.32. The lowest BCUT2D eigenvalue weighted by molar-refractivity contribution is -0.113. The van der Waals surface area contributed by atoms with Crippen molar-refractivity contribution in [3.05, 3.63) is 82.3 Å². The van der Waals surface area contributed by atoms with Crippen LogP contribution in [0.4, 0.5) is 5.69 Å². The van der Waals surface area contributed by atoms with E-state index in [1.165, 1.54) is 16.3 Å². The first kappa shape index (κ1) is 21.6. The maximum Gasteiger partial charge on any atom is 0.268 e. The van der Waals surface area contributed by atoms with E-state index in [1.807, 2.05) is 32.0 Å². The second-order valence-corrected chi connectivity index (χ2v) is 8.27. The molecule has 0 unspecified atom stereocenters. The molecular formula is C24H22N4O3S. The number of pyridine rings is 1. The molecule has 0 atom stereocenters. The summed E-state index contributed by atoms with van der Waals surface area (Å²) < 4.78 is 6.80. The van der Waals surface area contributed by atoms with Crippen molar-refractivity contribution in [3.63, 3.8) is 0 Å². The number of benzene rings is 2. The van der Waals surface area contributed by atoms with E-state index in [0.29, 0.717) is 27.6 Å². The third kappa shape index (κ3) is 4.65. The summed E-state index contributed by atoms with van der Waals surface area (Å²) >= 11 is 1.18. The molecule has 0 radical (unpaired) electrons. The van der Waals surface area contributed by atoms with Crippen LogP contribution in [0.25, 0.3) is 16.7 Å². The van der Waals surface area contributed by atoms with Gasteiger partial charge >= 0.3 is 0 Å². The van der Waals surface area contributed by atoms with E-state index in [4.69, 9.17) is 4.74 Å². The molecule has 8 heteroatoms. The normalized spacial score (nSPS) is 10.8. The monoisotopic (exact) mass is 446 g/mol. The Labute approximate surface area is 189 Å². The van der Waals surface area contributed by atoms with Gasteiger partial charge in [-0.15, -0.1) is 0 Å². The van der Waals surface area contributed by atoms with Gasteiger partial charge in [-0.05, 0) is 61.4 Å². The first-order chi connectivity index (χ1) is 15.4. The number of hydrogen-bond acceptors (Lipinski definition) is 6. The van der Waals surface area contributed by atoms with Crippen molar-refractivity contribution in [1.82, 2.24) is 14.5 Å². The molecule has 7 nitrogen and oxygen atoms in total. The average Bonchev–Trinajstić information content (AvgIpc) is 2.77. The predicted octanol–water partition coefficient (Wildman–Crippen LogP) is 4.14. The fourth-order valence-electron chi connectivity index (χ4n) is 3.45. The van der Waals surface area contributed by atoms with Crippen molar-refractivity contribution in [2.75, 3.05) is 18.2 Å². The van der Waals surface area contributed by atoms with Crippen LogP contribution in [0.1, 0.15) is 11.1 Å². The highest BCUT2D eigenvalue weighted by molar-refractivity contribution is 7.99. The molecule has 0 saturated carbocycles. The lowest BCUT2D eigenvalue weighted by Crippen LogP contribution is -2.23. The molecule has 0 aliphatic rings. The molecule has 2 aromatic heterocycles. The maximum absolute atomic E-state index is 13.3.